The molecular formula is C17H19N3O5S2. The molecule has 0 atom stereocenters. The van der Waals surface area contributed by atoms with Gasteiger partial charge in [0.2, 0.25) is 11.8 Å². The van der Waals surface area contributed by atoms with E-state index in [4.69, 9.17) is 21.7 Å². The summed E-state index contributed by atoms with van der Waals surface area (Å²) in [7, 11) is 3.08. The number of benzene rings is 1. The first kappa shape index (κ1) is 20.7. The maximum Gasteiger partial charge on any atom is 0.266 e. The minimum Gasteiger partial charge on any atom is -0.493 e. The van der Waals surface area contributed by atoms with Gasteiger partial charge < -0.3 is 9.47 Å². The molecule has 0 saturated carbocycles. The van der Waals surface area contributed by atoms with Crippen LogP contribution in [-0.4, -0.2) is 47.7 Å². The quantitative estimate of drug-likeness (QED) is 0.417. The Balaban J connectivity index is 2.05. The number of hydrazine groups is 1. The summed E-state index contributed by atoms with van der Waals surface area (Å²) >= 11 is 6.40. The molecule has 1 saturated heterocycles. The van der Waals surface area contributed by atoms with E-state index in [1.165, 1.54) is 30.7 Å². The zero-order valence-electron chi connectivity index (χ0n) is 15.0. The van der Waals surface area contributed by atoms with E-state index in [0.717, 1.165) is 5.56 Å². The predicted molar refractivity (Wildman–Crippen MR) is 106 cm³/mol. The highest BCUT2D eigenvalue weighted by atomic mass is 32.2. The number of carbonyl (C=O) groups is 3. The van der Waals surface area contributed by atoms with Gasteiger partial charge in [0, 0.05) is 19.9 Å². The second kappa shape index (κ2) is 9.38. The lowest BCUT2D eigenvalue weighted by molar-refractivity contribution is -0.128. The molecule has 0 aromatic heterocycles. The predicted octanol–water partition coefficient (Wildman–Crippen LogP) is 1.46. The Labute approximate surface area is 166 Å². The van der Waals surface area contributed by atoms with Crippen LogP contribution in [0.25, 0.3) is 6.08 Å². The summed E-state index contributed by atoms with van der Waals surface area (Å²) in [4.78, 5) is 36.8. The summed E-state index contributed by atoms with van der Waals surface area (Å²) in [6.07, 6.45) is 1.72. The van der Waals surface area contributed by atoms with Crippen molar-refractivity contribution in [2.75, 3.05) is 20.8 Å². The van der Waals surface area contributed by atoms with Crippen LogP contribution in [0.3, 0.4) is 0 Å². The Hall–Kier alpha value is -2.59. The van der Waals surface area contributed by atoms with Gasteiger partial charge in [0.25, 0.3) is 5.91 Å². The van der Waals surface area contributed by atoms with E-state index in [1.54, 1.807) is 31.4 Å². The van der Waals surface area contributed by atoms with Gasteiger partial charge in [-0.3, -0.25) is 30.1 Å². The van der Waals surface area contributed by atoms with Crippen LogP contribution >= 0.6 is 24.0 Å². The van der Waals surface area contributed by atoms with Gasteiger partial charge in [-0.2, -0.15) is 0 Å². The third kappa shape index (κ3) is 5.44. The molecule has 2 rings (SSSR count). The molecule has 1 aromatic carbocycles. The fourth-order valence-electron chi connectivity index (χ4n) is 2.22. The second-order valence-corrected chi connectivity index (χ2v) is 7.10. The average molecular weight is 409 g/mol. The first-order chi connectivity index (χ1) is 12.8. The van der Waals surface area contributed by atoms with E-state index in [2.05, 4.69) is 10.9 Å². The number of nitrogens with one attached hydrogen (secondary N) is 2. The van der Waals surface area contributed by atoms with Crippen LogP contribution in [0.1, 0.15) is 18.9 Å². The van der Waals surface area contributed by atoms with Crippen molar-refractivity contribution >= 4 is 52.1 Å². The number of hydrogen-bond donors (Lipinski definition) is 2. The van der Waals surface area contributed by atoms with Crippen molar-refractivity contribution in [3.8, 4) is 11.5 Å². The monoisotopic (exact) mass is 409 g/mol. The van der Waals surface area contributed by atoms with Gasteiger partial charge in [-0.1, -0.05) is 30.0 Å². The molecule has 1 aliphatic rings. The van der Waals surface area contributed by atoms with Crippen molar-refractivity contribution < 1.29 is 23.9 Å². The molecule has 0 bridgehead atoms. The van der Waals surface area contributed by atoms with Gasteiger partial charge in [0.15, 0.2) is 11.5 Å². The minimum absolute atomic E-state index is 0.0103. The minimum atomic E-state index is -0.414. The van der Waals surface area contributed by atoms with Crippen molar-refractivity contribution in [1.82, 2.24) is 15.8 Å². The lowest BCUT2D eigenvalue weighted by Crippen LogP contribution is -2.42. The molecule has 1 aliphatic heterocycles. The highest BCUT2D eigenvalue weighted by Crippen LogP contribution is 2.34. The number of rotatable bonds is 6. The van der Waals surface area contributed by atoms with E-state index in [1.807, 2.05) is 0 Å². The molecule has 0 radical (unpaired) electrons. The Bertz CT molecular complexity index is 810. The Morgan fingerprint density at radius 1 is 1.22 bits per heavy atom. The number of hydrogen-bond acceptors (Lipinski definition) is 7. The topological polar surface area (TPSA) is 97.0 Å². The second-order valence-electron chi connectivity index (χ2n) is 5.43. The summed E-state index contributed by atoms with van der Waals surface area (Å²) in [5.41, 5.74) is 5.20. The Morgan fingerprint density at radius 3 is 2.56 bits per heavy atom. The molecule has 10 heteroatoms. The number of amides is 3. The molecule has 2 N–H and O–H groups in total. The zero-order chi connectivity index (χ0) is 20.0. The van der Waals surface area contributed by atoms with E-state index >= 15 is 0 Å². The first-order valence-electron chi connectivity index (χ1n) is 7.88. The van der Waals surface area contributed by atoms with Crippen molar-refractivity contribution in [2.24, 2.45) is 0 Å². The summed E-state index contributed by atoms with van der Waals surface area (Å²) in [5, 5.41) is 0. The van der Waals surface area contributed by atoms with Crippen molar-refractivity contribution in [2.45, 2.75) is 13.3 Å². The third-order valence-corrected chi connectivity index (χ3v) is 4.90. The molecule has 1 heterocycles. The number of thiocarbonyl (C=S) groups is 1. The summed E-state index contributed by atoms with van der Waals surface area (Å²) in [6.45, 7) is 1.40. The van der Waals surface area contributed by atoms with Gasteiger partial charge in [-0.05, 0) is 23.8 Å². The molecule has 27 heavy (non-hydrogen) atoms. The molecule has 8 nitrogen and oxygen atoms in total. The number of methoxy groups -OCH3 is 2. The smallest absolute Gasteiger partial charge is 0.266 e. The van der Waals surface area contributed by atoms with E-state index in [9.17, 15) is 14.4 Å². The van der Waals surface area contributed by atoms with Crippen LogP contribution < -0.4 is 20.3 Å². The fourth-order valence-corrected chi connectivity index (χ4v) is 3.53. The van der Waals surface area contributed by atoms with Crippen molar-refractivity contribution in [3.63, 3.8) is 0 Å². The average Bonchev–Trinajstić information content (AvgIpc) is 2.91. The van der Waals surface area contributed by atoms with E-state index in [-0.39, 0.29) is 24.8 Å². The highest BCUT2D eigenvalue weighted by Gasteiger charge is 2.32. The first-order valence-corrected chi connectivity index (χ1v) is 9.11. The standard InChI is InChI=1S/C17H19N3O5S2/c1-10(21)18-19-15(22)6-7-20-16(23)14(27-17(20)26)9-11-4-5-12(24-2)13(8-11)25-3/h4-5,8-9H,6-7H2,1-3H3,(H,18,21)(H,19,22). The number of carbonyl (C=O) groups excluding carboxylic acids is 3. The molecule has 144 valence electrons. The molecule has 1 fully saturated rings. The van der Waals surface area contributed by atoms with Crippen molar-refractivity contribution in [1.29, 1.82) is 0 Å². The van der Waals surface area contributed by atoms with Gasteiger partial charge in [-0.15, -0.1) is 0 Å². The van der Waals surface area contributed by atoms with Crippen LogP contribution in [0.15, 0.2) is 23.1 Å². The Kier molecular flexibility index (Phi) is 7.19. The van der Waals surface area contributed by atoms with Crippen LogP contribution in [0.4, 0.5) is 0 Å². The van der Waals surface area contributed by atoms with Crippen molar-refractivity contribution in [3.05, 3.63) is 28.7 Å². The van der Waals surface area contributed by atoms with Gasteiger partial charge in [0.05, 0.1) is 19.1 Å². The molecule has 3 amide bonds. The maximum atomic E-state index is 12.6. The van der Waals surface area contributed by atoms with Gasteiger partial charge in [0.1, 0.15) is 4.32 Å². The van der Waals surface area contributed by atoms with Crippen LogP contribution in [0.5, 0.6) is 11.5 Å². The number of ether oxygens (including phenoxy) is 2. The third-order valence-electron chi connectivity index (χ3n) is 3.52. The van der Waals surface area contributed by atoms with Crippen LogP contribution in [0.2, 0.25) is 0 Å². The summed E-state index contributed by atoms with van der Waals surface area (Å²) in [6, 6.07) is 5.30. The van der Waals surface area contributed by atoms with Crippen LogP contribution in [0, 0.1) is 0 Å². The Morgan fingerprint density at radius 2 is 1.93 bits per heavy atom. The molecule has 0 spiro atoms. The zero-order valence-corrected chi connectivity index (χ0v) is 16.7. The normalized spacial score (nSPS) is 15.1. The molecular weight excluding hydrogens is 390 g/mol. The number of thioether (sulfide) groups is 1. The maximum absolute atomic E-state index is 12.6. The highest BCUT2D eigenvalue weighted by molar-refractivity contribution is 8.26. The number of nitrogens with zero attached hydrogens (tertiary/aromatic N) is 1. The van der Waals surface area contributed by atoms with Gasteiger partial charge in [-0.25, -0.2) is 0 Å². The lowest BCUT2D eigenvalue weighted by Gasteiger charge is -2.14. The summed E-state index contributed by atoms with van der Waals surface area (Å²) < 4.78 is 10.8. The van der Waals surface area contributed by atoms with Crippen LogP contribution in [-0.2, 0) is 14.4 Å². The molecule has 0 aliphatic carbocycles. The van der Waals surface area contributed by atoms with Gasteiger partial charge >= 0.3 is 0 Å². The largest absolute Gasteiger partial charge is 0.493 e. The molecule has 0 unspecified atom stereocenters. The summed E-state index contributed by atoms with van der Waals surface area (Å²) in [5.74, 6) is 0.0748. The van der Waals surface area contributed by atoms with E-state index in [0.29, 0.717) is 20.7 Å². The SMILES string of the molecule is COc1ccc(C=C2SC(=S)N(CCC(=O)NNC(C)=O)C2=O)cc1OC. The lowest BCUT2D eigenvalue weighted by atomic mass is 10.2. The fraction of sp³-hybridized carbons (Fsp3) is 0.294. The molecule has 1 aromatic rings. The van der Waals surface area contributed by atoms with E-state index < -0.39 is 5.91 Å².